The lowest BCUT2D eigenvalue weighted by Gasteiger charge is -2.16. The van der Waals surface area contributed by atoms with E-state index in [4.69, 9.17) is 42.6 Å². The summed E-state index contributed by atoms with van der Waals surface area (Å²) in [6.07, 6.45) is 4.54. The second-order valence-corrected chi connectivity index (χ2v) is 15.9. The molecule has 0 bridgehead atoms. The molecule has 0 aromatic heterocycles. The van der Waals surface area contributed by atoms with Gasteiger partial charge in [0, 0.05) is 27.1 Å². The number of hydrogen-bond donors (Lipinski definition) is 0. The monoisotopic (exact) mass is 940 g/mol. The molecule has 0 saturated carbocycles. The van der Waals surface area contributed by atoms with E-state index in [1.165, 1.54) is 0 Å². The Morgan fingerprint density at radius 1 is 0.283 bits per heavy atom. The van der Waals surface area contributed by atoms with Crippen LogP contribution in [-0.4, -0.2) is 49.8 Å². The van der Waals surface area contributed by atoms with Crippen LogP contribution in [0.3, 0.4) is 0 Å². The molecule has 0 aliphatic carbocycles. The highest BCUT2D eigenvalue weighted by atomic mass is 79.9. The van der Waals surface area contributed by atoms with Gasteiger partial charge in [-0.3, -0.25) is 0 Å². The topological polar surface area (TPSA) is 83.1 Å². The van der Waals surface area contributed by atoms with Crippen molar-refractivity contribution in [3.05, 3.63) is 145 Å². The lowest BCUT2D eigenvalue weighted by atomic mass is 10.0. The van der Waals surface area contributed by atoms with Crippen LogP contribution < -0.4 is 42.6 Å². The normalized spacial score (nSPS) is 10.8. The highest BCUT2D eigenvalue weighted by molar-refractivity contribution is 9.10. The Kier molecular flexibility index (Phi) is 15.5. The number of benzene rings is 6. The van der Waals surface area contributed by atoms with Crippen LogP contribution in [0.5, 0.6) is 63.2 Å². The van der Waals surface area contributed by atoms with Crippen LogP contribution in [0.15, 0.2) is 112 Å². The van der Waals surface area contributed by atoms with Crippen LogP contribution in [0.4, 0.5) is 0 Å². The molecule has 0 saturated heterocycles. The molecule has 0 aliphatic heterocycles. The van der Waals surface area contributed by atoms with E-state index in [0.717, 1.165) is 91.0 Å². The minimum Gasteiger partial charge on any atom is -0.497 e. The molecule has 9 nitrogen and oxygen atoms in total. The van der Waals surface area contributed by atoms with Gasteiger partial charge in [0.05, 0.1) is 49.8 Å². The van der Waals surface area contributed by atoms with Crippen LogP contribution in [0, 0.1) is 0 Å². The quantitative estimate of drug-likeness (QED) is 0.0743. The number of methoxy groups -OCH3 is 7. The number of rotatable bonds is 20. The first kappa shape index (κ1) is 44.0. The van der Waals surface area contributed by atoms with E-state index in [9.17, 15) is 0 Å². The fourth-order valence-electron chi connectivity index (χ4n) is 6.98. The summed E-state index contributed by atoms with van der Waals surface area (Å²) < 4.78 is 53.9. The predicted octanol–water partition coefficient (Wildman–Crippen LogP) is 12.2. The van der Waals surface area contributed by atoms with Crippen molar-refractivity contribution < 1.29 is 42.6 Å². The fraction of sp³-hybridized carbons (Fsp3) is 0.265. The average molecular weight is 943 g/mol. The highest BCUT2D eigenvalue weighted by Crippen LogP contribution is 2.39. The molecular weight excluding hydrogens is 892 g/mol. The summed E-state index contributed by atoms with van der Waals surface area (Å²) in [5.41, 5.74) is 6.53. The van der Waals surface area contributed by atoms with Gasteiger partial charge < -0.3 is 42.6 Å². The number of ether oxygens (including phenoxy) is 9. The van der Waals surface area contributed by atoms with Crippen molar-refractivity contribution in [1.29, 1.82) is 0 Å². The molecule has 0 radical (unpaired) electrons. The largest absolute Gasteiger partial charge is 0.497 e. The summed E-state index contributed by atoms with van der Waals surface area (Å²) in [5.74, 6) is 7.54. The van der Waals surface area contributed by atoms with E-state index in [1.807, 2.05) is 66.7 Å². The van der Waals surface area contributed by atoms with Crippen LogP contribution in [0.2, 0.25) is 0 Å². The Morgan fingerprint density at radius 3 is 0.850 bits per heavy atom. The molecule has 6 aromatic rings. The van der Waals surface area contributed by atoms with Crippen LogP contribution >= 0.6 is 31.9 Å². The van der Waals surface area contributed by atoms with Gasteiger partial charge in [-0.2, -0.15) is 0 Å². The number of hydrogen-bond acceptors (Lipinski definition) is 9. The zero-order chi connectivity index (χ0) is 42.6. The first-order valence-corrected chi connectivity index (χ1v) is 21.0. The van der Waals surface area contributed by atoms with Crippen molar-refractivity contribution in [2.45, 2.75) is 38.5 Å². The SMILES string of the molecule is COc1cc(CCc2cc(Br)cc(Oc3cc(CCc4cc(OC)c(OC)c(OC)c4)cc(Oc4cc(Br)cc(CCc5cc(OC)cc(OC)c5)c4)c3)c2)cc(OC)c1. The summed E-state index contributed by atoms with van der Waals surface area (Å²) >= 11 is 7.44. The maximum Gasteiger partial charge on any atom is 0.203 e. The first-order valence-electron chi connectivity index (χ1n) is 19.4. The first-order chi connectivity index (χ1) is 29.1. The standard InChI is InChI=1S/C49H50Br2O9/c1-52-39-16-33(17-40(28-39)53-2)10-8-31-14-37(50)26-43(20-31)59-45-22-35(12-13-36-24-47(56-5)49(58-7)48(25-36)57-6)23-46(30-45)60-44-21-32(15-38(51)27-44)9-11-34-18-41(54-3)29-42(19-34)55-4/h14-30H,8-13H2,1-7H3. The molecule has 0 N–H and O–H groups in total. The molecule has 314 valence electrons. The van der Waals surface area contributed by atoms with Crippen molar-refractivity contribution in [3.63, 3.8) is 0 Å². The molecule has 6 aromatic carbocycles. The molecule has 0 atom stereocenters. The molecule has 0 fully saturated rings. The third-order valence-electron chi connectivity index (χ3n) is 9.93. The van der Waals surface area contributed by atoms with Crippen molar-refractivity contribution in [1.82, 2.24) is 0 Å². The lowest BCUT2D eigenvalue weighted by Crippen LogP contribution is -1.99. The minimum atomic E-state index is 0.558. The minimum absolute atomic E-state index is 0.558. The van der Waals surface area contributed by atoms with E-state index in [-0.39, 0.29) is 0 Å². The van der Waals surface area contributed by atoms with Gasteiger partial charge in [0.15, 0.2) is 11.5 Å². The van der Waals surface area contributed by atoms with Gasteiger partial charge in [0.2, 0.25) is 5.75 Å². The van der Waals surface area contributed by atoms with E-state index in [1.54, 1.807) is 49.8 Å². The van der Waals surface area contributed by atoms with Crippen LogP contribution in [0.1, 0.15) is 33.4 Å². The molecule has 0 unspecified atom stereocenters. The second kappa shape index (κ2) is 21.1. The van der Waals surface area contributed by atoms with Gasteiger partial charge in [0.25, 0.3) is 0 Å². The smallest absolute Gasteiger partial charge is 0.203 e. The van der Waals surface area contributed by atoms with Gasteiger partial charge >= 0.3 is 0 Å². The Morgan fingerprint density at radius 2 is 0.550 bits per heavy atom. The lowest BCUT2D eigenvalue weighted by molar-refractivity contribution is 0.324. The molecule has 11 heteroatoms. The molecule has 60 heavy (non-hydrogen) atoms. The zero-order valence-electron chi connectivity index (χ0n) is 35.0. The van der Waals surface area contributed by atoms with Crippen molar-refractivity contribution in [2.24, 2.45) is 0 Å². The fourth-order valence-corrected chi connectivity index (χ4v) is 8.02. The summed E-state index contributed by atoms with van der Waals surface area (Å²) in [7, 11) is 11.5. The Hall–Kier alpha value is -5.52. The van der Waals surface area contributed by atoms with E-state index >= 15 is 0 Å². The van der Waals surface area contributed by atoms with Crippen molar-refractivity contribution in [3.8, 4) is 63.2 Å². The van der Waals surface area contributed by atoms with Crippen molar-refractivity contribution in [2.75, 3.05) is 49.8 Å². The van der Waals surface area contributed by atoms with Gasteiger partial charge in [-0.05, 0) is 157 Å². The van der Waals surface area contributed by atoms with E-state index in [2.05, 4.69) is 68.3 Å². The Labute approximate surface area is 369 Å². The maximum atomic E-state index is 6.64. The average Bonchev–Trinajstić information content (AvgIpc) is 3.25. The summed E-state index contributed by atoms with van der Waals surface area (Å²) in [5, 5.41) is 0. The molecular formula is C49H50Br2O9. The number of halogens is 2. The van der Waals surface area contributed by atoms with Gasteiger partial charge in [-0.25, -0.2) is 0 Å². The van der Waals surface area contributed by atoms with Gasteiger partial charge in [0.1, 0.15) is 46.0 Å². The molecule has 0 heterocycles. The Balaban J connectivity index is 1.27. The summed E-state index contributed by atoms with van der Waals surface area (Å²) in [6, 6.07) is 34.2. The molecule has 0 amide bonds. The van der Waals surface area contributed by atoms with Gasteiger partial charge in [-0.1, -0.05) is 31.9 Å². The predicted molar refractivity (Wildman–Crippen MR) is 242 cm³/mol. The van der Waals surface area contributed by atoms with E-state index < -0.39 is 0 Å². The second-order valence-electron chi connectivity index (χ2n) is 14.1. The van der Waals surface area contributed by atoms with Crippen LogP contribution in [-0.2, 0) is 38.5 Å². The Bertz CT molecular complexity index is 2200. The summed E-state index contributed by atoms with van der Waals surface area (Å²) in [6.45, 7) is 0. The van der Waals surface area contributed by atoms with Crippen LogP contribution in [0.25, 0.3) is 0 Å². The third-order valence-corrected chi connectivity index (χ3v) is 10.8. The molecule has 6 rings (SSSR count). The summed E-state index contributed by atoms with van der Waals surface area (Å²) in [4.78, 5) is 0. The molecule has 0 spiro atoms. The highest BCUT2D eigenvalue weighted by Gasteiger charge is 2.15. The van der Waals surface area contributed by atoms with E-state index in [0.29, 0.717) is 53.1 Å². The number of aryl methyl sites for hydroxylation is 6. The third kappa shape index (κ3) is 12.0. The molecule has 0 aliphatic rings. The van der Waals surface area contributed by atoms with Gasteiger partial charge in [-0.15, -0.1) is 0 Å². The maximum absolute atomic E-state index is 6.64. The zero-order valence-corrected chi connectivity index (χ0v) is 38.2. The van der Waals surface area contributed by atoms with Crippen molar-refractivity contribution >= 4 is 31.9 Å².